The van der Waals surface area contributed by atoms with Gasteiger partial charge < -0.3 is 10.6 Å². The van der Waals surface area contributed by atoms with E-state index in [4.69, 9.17) is 0 Å². The summed E-state index contributed by atoms with van der Waals surface area (Å²) in [6.45, 7) is 1.75. The SMILES string of the molecule is Cn1ccc(C(=O)NCC2CCCCN2)n1. The zero-order valence-corrected chi connectivity index (χ0v) is 9.57. The van der Waals surface area contributed by atoms with Crippen molar-refractivity contribution in [3.63, 3.8) is 0 Å². The molecule has 0 bridgehead atoms. The van der Waals surface area contributed by atoms with Crippen LogP contribution in [0, 0.1) is 0 Å². The summed E-state index contributed by atoms with van der Waals surface area (Å²) in [7, 11) is 1.81. The summed E-state index contributed by atoms with van der Waals surface area (Å²) >= 11 is 0. The Morgan fingerprint density at radius 1 is 1.69 bits per heavy atom. The van der Waals surface area contributed by atoms with Crippen molar-refractivity contribution in [1.29, 1.82) is 0 Å². The number of carbonyl (C=O) groups excluding carboxylic acids is 1. The first-order valence-corrected chi connectivity index (χ1v) is 5.77. The molecule has 1 aliphatic heterocycles. The molecular formula is C11H18N4O. The lowest BCUT2D eigenvalue weighted by molar-refractivity contribution is 0.0942. The van der Waals surface area contributed by atoms with Gasteiger partial charge in [0.25, 0.3) is 5.91 Å². The Labute approximate surface area is 95.2 Å². The van der Waals surface area contributed by atoms with Gasteiger partial charge in [0.05, 0.1) is 0 Å². The molecule has 2 heterocycles. The molecule has 2 rings (SSSR count). The van der Waals surface area contributed by atoms with E-state index in [1.165, 1.54) is 12.8 Å². The number of nitrogens with one attached hydrogen (secondary N) is 2. The van der Waals surface area contributed by atoms with Crippen LogP contribution in [0.15, 0.2) is 12.3 Å². The maximum absolute atomic E-state index is 11.7. The predicted molar refractivity (Wildman–Crippen MR) is 61.2 cm³/mol. The smallest absolute Gasteiger partial charge is 0.271 e. The zero-order chi connectivity index (χ0) is 11.4. The monoisotopic (exact) mass is 222 g/mol. The minimum Gasteiger partial charge on any atom is -0.349 e. The van der Waals surface area contributed by atoms with E-state index in [9.17, 15) is 4.79 Å². The molecule has 1 aromatic heterocycles. The van der Waals surface area contributed by atoms with Gasteiger partial charge in [-0.3, -0.25) is 9.48 Å². The molecule has 1 saturated heterocycles. The Kier molecular flexibility index (Phi) is 3.56. The van der Waals surface area contributed by atoms with Gasteiger partial charge >= 0.3 is 0 Å². The highest BCUT2D eigenvalue weighted by Gasteiger charge is 2.14. The van der Waals surface area contributed by atoms with Gasteiger partial charge in [0.1, 0.15) is 5.69 Å². The van der Waals surface area contributed by atoms with E-state index in [1.54, 1.807) is 24.0 Å². The minimum absolute atomic E-state index is 0.0898. The maximum atomic E-state index is 11.7. The lowest BCUT2D eigenvalue weighted by Crippen LogP contribution is -2.43. The third-order valence-electron chi connectivity index (χ3n) is 2.87. The van der Waals surface area contributed by atoms with Crippen molar-refractivity contribution in [3.8, 4) is 0 Å². The first kappa shape index (κ1) is 11.1. The van der Waals surface area contributed by atoms with E-state index in [0.717, 1.165) is 13.0 Å². The largest absolute Gasteiger partial charge is 0.349 e. The lowest BCUT2D eigenvalue weighted by atomic mass is 10.1. The fourth-order valence-electron chi connectivity index (χ4n) is 1.94. The molecular weight excluding hydrogens is 204 g/mol. The molecule has 1 amide bonds. The fraction of sp³-hybridized carbons (Fsp3) is 0.636. The number of carbonyl (C=O) groups is 1. The Balaban J connectivity index is 1.79. The van der Waals surface area contributed by atoms with Gasteiger partial charge in [0, 0.05) is 25.8 Å². The van der Waals surface area contributed by atoms with E-state index in [-0.39, 0.29) is 5.91 Å². The van der Waals surface area contributed by atoms with Crippen LogP contribution in [0.5, 0.6) is 0 Å². The molecule has 1 fully saturated rings. The number of piperidine rings is 1. The van der Waals surface area contributed by atoms with E-state index in [1.807, 2.05) is 0 Å². The quantitative estimate of drug-likeness (QED) is 0.773. The van der Waals surface area contributed by atoms with Crippen molar-refractivity contribution in [2.24, 2.45) is 7.05 Å². The second kappa shape index (κ2) is 5.12. The van der Waals surface area contributed by atoms with Gasteiger partial charge in [-0.15, -0.1) is 0 Å². The van der Waals surface area contributed by atoms with Crippen molar-refractivity contribution in [2.45, 2.75) is 25.3 Å². The molecule has 2 N–H and O–H groups in total. The van der Waals surface area contributed by atoms with Crippen LogP contribution < -0.4 is 10.6 Å². The Morgan fingerprint density at radius 2 is 2.56 bits per heavy atom. The Morgan fingerprint density at radius 3 is 3.19 bits per heavy atom. The van der Waals surface area contributed by atoms with Crippen molar-refractivity contribution in [2.75, 3.05) is 13.1 Å². The summed E-state index contributed by atoms with van der Waals surface area (Å²) in [6, 6.07) is 2.14. The molecule has 1 aromatic rings. The molecule has 88 valence electrons. The average Bonchev–Trinajstić information content (AvgIpc) is 2.74. The number of aryl methyl sites for hydroxylation is 1. The van der Waals surface area contributed by atoms with Gasteiger partial charge in [-0.2, -0.15) is 5.10 Å². The Hall–Kier alpha value is -1.36. The molecule has 0 spiro atoms. The normalized spacial score (nSPS) is 20.7. The summed E-state index contributed by atoms with van der Waals surface area (Å²) in [6.07, 6.45) is 5.40. The number of hydrogen-bond donors (Lipinski definition) is 2. The van der Waals surface area contributed by atoms with E-state index in [2.05, 4.69) is 15.7 Å². The first-order valence-electron chi connectivity index (χ1n) is 5.77. The topological polar surface area (TPSA) is 59.0 Å². The van der Waals surface area contributed by atoms with Crippen molar-refractivity contribution in [1.82, 2.24) is 20.4 Å². The summed E-state index contributed by atoms with van der Waals surface area (Å²) in [4.78, 5) is 11.7. The van der Waals surface area contributed by atoms with Crippen LogP contribution in [-0.4, -0.2) is 34.8 Å². The summed E-state index contributed by atoms with van der Waals surface area (Å²) in [5, 5.41) is 10.4. The van der Waals surface area contributed by atoms with Crippen molar-refractivity contribution >= 4 is 5.91 Å². The van der Waals surface area contributed by atoms with Crippen LogP contribution >= 0.6 is 0 Å². The van der Waals surface area contributed by atoms with Crippen LogP contribution in [0.4, 0.5) is 0 Å². The number of nitrogens with zero attached hydrogens (tertiary/aromatic N) is 2. The second-order valence-corrected chi connectivity index (χ2v) is 4.23. The standard InChI is InChI=1S/C11H18N4O/c1-15-7-5-10(14-15)11(16)13-8-9-4-2-3-6-12-9/h5,7,9,12H,2-4,6,8H2,1H3,(H,13,16). The van der Waals surface area contributed by atoms with Crippen LogP contribution in [-0.2, 0) is 7.05 Å². The molecule has 16 heavy (non-hydrogen) atoms. The zero-order valence-electron chi connectivity index (χ0n) is 9.57. The summed E-state index contributed by atoms with van der Waals surface area (Å²) < 4.78 is 1.63. The third kappa shape index (κ3) is 2.82. The number of amides is 1. The van der Waals surface area contributed by atoms with Crippen LogP contribution in [0.25, 0.3) is 0 Å². The lowest BCUT2D eigenvalue weighted by Gasteiger charge is -2.23. The third-order valence-corrected chi connectivity index (χ3v) is 2.87. The molecule has 0 aliphatic carbocycles. The number of hydrogen-bond acceptors (Lipinski definition) is 3. The van der Waals surface area contributed by atoms with Gasteiger partial charge in [-0.25, -0.2) is 0 Å². The molecule has 0 saturated carbocycles. The number of aromatic nitrogens is 2. The van der Waals surface area contributed by atoms with Gasteiger partial charge in [-0.1, -0.05) is 6.42 Å². The molecule has 5 heteroatoms. The summed E-state index contributed by atoms with van der Waals surface area (Å²) in [5.41, 5.74) is 0.485. The van der Waals surface area contributed by atoms with Gasteiger partial charge in [0.2, 0.25) is 0 Å². The van der Waals surface area contributed by atoms with Crippen molar-refractivity contribution < 1.29 is 4.79 Å². The molecule has 1 aliphatic rings. The van der Waals surface area contributed by atoms with Crippen LogP contribution in [0.1, 0.15) is 29.8 Å². The molecule has 1 atom stereocenters. The van der Waals surface area contributed by atoms with E-state index < -0.39 is 0 Å². The molecule has 5 nitrogen and oxygen atoms in total. The average molecular weight is 222 g/mol. The molecule has 0 aromatic carbocycles. The highest BCUT2D eigenvalue weighted by Crippen LogP contribution is 2.05. The first-order chi connectivity index (χ1) is 7.75. The highest BCUT2D eigenvalue weighted by molar-refractivity contribution is 5.92. The molecule has 0 radical (unpaired) electrons. The fourth-order valence-corrected chi connectivity index (χ4v) is 1.94. The maximum Gasteiger partial charge on any atom is 0.271 e. The van der Waals surface area contributed by atoms with Crippen LogP contribution in [0.3, 0.4) is 0 Å². The Bertz CT molecular complexity index is 355. The highest BCUT2D eigenvalue weighted by atomic mass is 16.1. The minimum atomic E-state index is -0.0898. The predicted octanol–water partition coefficient (Wildman–Crippen LogP) is 0.292. The van der Waals surface area contributed by atoms with E-state index in [0.29, 0.717) is 18.3 Å². The summed E-state index contributed by atoms with van der Waals surface area (Å²) in [5.74, 6) is -0.0898. The van der Waals surface area contributed by atoms with E-state index >= 15 is 0 Å². The van der Waals surface area contributed by atoms with Crippen molar-refractivity contribution in [3.05, 3.63) is 18.0 Å². The number of rotatable bonds is 3. The molecule has 1 unspecified atom stereocenters. The second-order valence-electron chi connectivity index (χ2n) is 4.23. The van der Waals surface area contributed by atoms with Gasteiger partial charge in [0.15, 0.2) is 0 Å². The van der Waals surface area contributed by atoms with Crippen LogP contribution in [0.2, 0.25) is 0 Å². The van der Waals surface area contributed by atoms with Gasteiger partial charge in [-0.05, 0) is 25.5 Å².